The normalized spacial score (nSPS) is 13.8. The summed E-state index contributed by atoms with van der Waals surface area (Å²) in [5.74, 6) is -0.842. The maximum atomic E-state index is 11.9. The highest BCUT2D eigenvalue weighted by Crippen LogP contribution is 2.19. The number of hydrogen-bond donors (Lipinski definition) is 1. The Bertz CT molecular complexity index is 251. The molecule has 0 aliphatic rings. The van der Waals surface area contributed by atoms with Gasteiger partial charge in [-0.15, -0.1) is 0 Å². The fourth-order valence-corrected chi connectivity index (χ4v) is 0.654. The summed E-state index contributed by atoms with van der Waals surface area (Å²) < 4.78 is 27.9. The number of alkyl halides is 2. The van der Waals surface area contributed by atoms with Crippen LogP contribution < -0.4 is 0 Å². The van der Waals surface area contributed by atoms with Crippen LogP contribution in [0.25, 0.3) is 0 Å². The van der Waals surface area contributed by atoms with Gasteiger partial charge in [0, 0.05) is 0 Å². The molecule has 0 radical (unpaired) electrons. The molecule has 0 bridgehead atoms. The van der Waals surface area contributed by atoms with Crippen molar-refractivity contribution in [1.29, 1.82) is 0 Å². The number of hydrogen-bond acceptors (Lipinski definition) is 4. The van der Waals surface area contributed by atoms with Crippen LogP contribution in [0.15, 0.2) is 4.52 Å². The molecule has 1 N–H and O–H groups in total. The van der Waals surface area contributed by atoms with Gasteiger partial charge in [0.25, 0.3) is 5.89 Å². The first-order chi connectivity index (χ1) is 5.65. The van der Waals surface area contributed by atoms with E-state index in [0.29, 0.717) is 6.42 Å². The Kier molecular flexibility index (Phi) is 2.69. The van der Waals surface area contributed by atoms with Crippen molar-refractivity contribution in [3.8, 4) is 0 Å². The first-order valence-electron chi connectivity index (χ1n) is 3.44. The molecule has 6 heteroatoms. The van der Waals surface area contributed by atoms with Crippen LogP contribution in [0, 0.1) is 0 Å². The van der Waals surface area contributed by atoms with Gasteiger partial charge in [-0.1, -0.05) is 12.1 Å². The second-order valence-corrected chi connectivity index (χ2v) is 2.22. The van der Waals surface area contributed by atoms with Crippen molar-refractivity contribution in [3.05, 3.63) is 11.7 Å². The van der Waals surface area contributed by atoms with Crippen molar-refractivity contribution in [3.63, 3.8) is 0 Å². The van der Waals surface area contributed by atoms with Gasteiger partial charge in [0.2, 0.25) is 5.82 Å². The van der Waals surface area contributed by atoms with E-state index in [4.69, 9.17) is 5.11 Å². The summed E-state index contributed by atoms with van der Waals surface area (Å²) in [5.41, 5.74) is 0. The van der Waals surface area contributed by atoms with Gasteiger partial charge >= 0.3 is 6.43 Å². The summed E-state index contributed by atoms with van der Waals surface area (Å²) in [6.45, 7) is 1.68. The predicted molar refractivity (Wildman–Crippen MR) is 34.5 cm³/mol. The summed E-state index contributed by atoms with van der Waals surface area (Å²) in [6.07, 6.45) is -3.35. The largest absolute Gasteiger partial charge is 0.385 e. The lowest BCUT2D eigenvalue weighted by molar-refractivity contribution is 0.105. The van der Waals surface area contributed by atoms with Crippen molar-refractivity contribution in [2.75, 3.05) is 0 Å². The van der Waals surface area contributed by atoms with E-state index in [1.54, 1.807) is 6.92 Å². The zero-order valence-corrected chi connectivity index (χ0v) is 6.37. The second-order valence-electron chi connectivity index (χ2n) is 2.22. The average molecular weight is 178 g/mol. The Hall–Kier alpha value is -1.04. The van der Waals surface area contributed by atoms with E-state index in [0.717, 1.165) is 0 Å². The zero-order valence-electron chi connectivity index (χ0n) is 6.37. The first-order valence-corrected chi connectivity index (χ1v) is 3.44. The molecule has 1 atom stereocenters. The maximum Gasteiger partial charge on any atom is 0.315 e. The number of aliphatic hydroxyl groups is 1. The summed E-state index contributed by atoms with van der Waals surface area (Å²) in [6, 6.07) is 0. The first kappa shape index (κ1) is 9.05. The molecular formula is C6H8F2N2O2. The molecule has 12 heavy (non-hydrogen) atoms. The predicted octanol–water partition coefficient (Wildman–Crippen LogP) is 1.45. The third-order valence-electron chi connectivity index (χ3n) is 1.33. The van der Waals surface area contributed by atoms with Crippen LogP contribution in [-0.2, 0) is 0 Å². The van der Waals surface area contributed by atoms with Crippen LogP contribution in [0.3, 0.4) is 0 Å². The van der Waals surface area contributed by atoms with E-state index >= 15 is 0 Å². The molecule has 0 aliphatic heterocycles. The lowest BCUT2D eigenvalue weighted by Gasteiger charge is -1.97. The standard InChI is InChI=1S/C6H8F2N2O2/c1-2-3(11)5-9-6(4(7)8)12-10-5/h3-4,11H,2H2,1H3. The quantitative estimate of drug-likeness (QED) is 0.760. The molecule has 1 unspecified atom stereocenters. The highest BCUT2D eigenvalue weighted by atomic mass is 19.3. The number of aliphatic hydroxyl groups excluding tert-OH is 1. The lowest BCUT2D eigenvalue weighted by atomic mass is 10.3. The molecule has 1 aromatic heterocycles. The second kappa shape index (κ2) is 3.57. The van der Waals surface area contributed by atoms with Crippen molar-refractivity contribution < 1.29 is 18.4 Å². The van der Waals surface area contributed by atoms with Gasteiger partial charge < -0.3 is 9.63 Å². The molecular weight excluding hydrogens is 170 g/mol. The Morgan fingerprint density at radius 2 is 2.25 bits per heavy atom. The SMILES string of the molecule is CCC(O)c1noc(C(F)F)n1. The minimum absolute atomic E-state index is 0.0900. The third kappa shape index (κ3) is 1.76. The molecule has 0 aliphatic carbocycles. The van der Waals surface area contributed by atoms with E-state index in [9.17, 15) is 8.78 Å². The molecule has 68 valence electrons. The number of aromatic nitrogens is 2. The van der Waals surface area contributed by atoms with Crippen molar-refractivity contribution in [1.82, 2.24) is 10.1 Å². The average Bonchev–Trinajstić information content (AvgIpc) is 2.51. The van der Waals surface area contributed by atoms with E-state index in [1.807, 2.05) is 0 Å². The highest BCUT2D eigenvalue weighted by molar-refractivity contribution is 4.90. The fraction of sp³-hybridized carbons (Fsp3) is 0.667. The topological polar surface area (TPSA) is 59.2 Å². The zero-order chi connectivity index (χ0) is 9.14. The molecule has 1 heterocycles. The summed E-state index contributed by atoms with van der Waals surface area (Å²) in [4.78, 5) is 3.30. The minimum atomic E-state index is -2.78. The number of rotatable bonds is 3. The van der Waals surface area contributed by atoms with Crippen LogP contribution in [-0.4, -0.2) is 15.2 Å². The monoisotopic (exact) mass is 178 g/mol. The van der Waals surface area contributed by atoms with Gasteiger partial charge in [-0.3, -0.25) is 0 Å². The molecule has 0 saturated heterocycles. The van der Waals surface area contributed by atoms with Crippen molar-refractivity contribution in [2.24, 2.45) is 0 Å². The molecule has 4 nitrogen and oxygen atoms in total. The van der Waals surface area contributed by atoms with Gasteiger partial charge in [-0.25, -0.2) is 0 Å². The molecule has 0 fully saturated rings. The van der Waals surface area contributed by atoms with Gasteiger partial charge in [0.1, 0.15) is 6.10 Å². The Labute approximate surface area is 67.2 Å². The van der Waals surface area contributed by atoms with Crippen molar-refractivity contribution >= 4 is 0 Å². The van der Waals surface area contributed by atoms with Crippen LogP contribution >= 0.6 is 0 Å². The molecule has 1 aromatic rings. The van der Waals surface area contributed by atoms with Crippen LogP contribution in [0.5, 0.6) is 0 Å². The van der Waals surface area contributed by atoms with E-state index < -0.39 is 18.4 Å². The van der Waals surface area contributed by atoms with Gasteiger partial charge in [0.05, 0.1) is 0 Å². The number of nitrogens with zero attached hydrogens (tertiary/aromatic N) is 2. The maximum absolute atomic E-state index is 11.9. The lowest BCUT2D eigenvalue weighted by Crippen LogP contribution is -1.97. The highest BCUT2D eigenvalue weighted by Gasteiger charge is 2.19. The minimum Gasteiger partial charge on any atom is -0.385 e. The van der Waals surface area contributed by atoms with Crippen LogP contribution in [0.1, 0.15) is 37.6 Å². The molecule has 0 spiro atoms. The Balaban J connectivity index is 2.77. The summed E-state index contributed by atoms with van der Waals surface area (Å²) >= 11 is 0. The van der Waals surface area contributed by atoms with Gasteiger partial charge in [0.15, 0.2) is 0 Å². The third-order valence-corrected chi connectivity index (χ3v) is 1.33. The van der Waals surface area contributed by atoms with E-state index in [1.165, 1.54) is 0 Å². The molecule has 0 aromatic carbocycles. The van der Waals surface area contributed by atoms with Crippen molar-refractivity contribution in [2.45, 2.75) is 25.9 Å². The van der Waals surface area contributed by atoms with Crippen LogP contribution in [0.4, 0.5) is 8.78 Å². The fourth-order valence-electron chi connectivity index (χ4n) is 0.654. The Morgan fingerprint density at radius 3 is 2.67 bits per heavy atom. The van der Waals surface area contributed by atoms with Gasteiger partial charge in [-0.2, -0.15) is 13.8 Å². The molecule has 1 rings (SSSR count). The molecule has 0 amide bonds. The van der Waals surface area contributed by atoms with Crippen LogP contribution in [0.2, 0.25) is 0 Å². The smallest absolute Gasteiger partial charge is 0.315 e. The van der Waals surface area contributed by atoms with E-state index in [2.05, 4.69) is 14.7 Å². The number of halogens is 2. The summed E-state index contributed by atoms with van der Waals surface area (Å²) in [7, 11) is 0. The summed E-state index contributed by atoms with van der Waals surface area (Å²) in [5, 5.41) is 12.3. The Morgan fingerprint density at radius 1 is 1.58 bits per heavy atom. The molecule has 0 saturated carbocycles. The van der Waals surface area contributed by atoms with Gasteiger partial charge in [-0.05, 0) is 6.42 Å². The van der Waals surface area contributed by atoms with E-state index in [-0.39, 0.29) is 5.82 Å².